The Labute approximate surface area is 194 Å². The predicted molar refractivity (Wildman–Crippen MR) is 126 cm³/mol. The van der Waals surface area contributed by atoms with Gasteiger partial charge in [-0.3, -0.25) is 14.4 Å². The first kappa shape index (κ1) is 24.2. The number of hydrogen-bond acceptors (Lipinski definition) is 4. The van der Waals surface area contributed by atoms with Gasteiger partial charge in [0.2, 0.25) is 11.8 Å². The minimum atomic E-state index is -0.780. The summed E-state index contributed by atoms with van der Waals surface area (Å²) in [4.78, 5) is 52.2. The number of hydrogen-bond donors (Lipinski definition) is 2. The van der Waals surface area contributed by atoms with Crippen molar-refractivity contribution >= 4 is 24.0 Å². The minimum Gasteiger partial charge on any atom is -0.345 e. The molecule has 3 rings (SSSR count). The second-order valence-corrected chi connectivity index (χ2v) is 8.67. The van der Waals surface area contributed by atoms with Crippen LogP contribution in [0.15, 0.2) is 60.7 Å². The van der Waals surface area contributed by atoms with E-state index < -0.39 is 18.1 Å². The van der Waals surface area contributed by atoms with Crippen molar-refractivity contribution < 1.29 is 19.2 Å². The van der Waals surface area contributed by atoms with Crippen molar-refractivity contribution in [2.45, 2.75) is 51.2 Å². The number of likely N-dealkylation sites (tertiary alicyclic amines) is 1. The molecule has 1 fully saturated rings. The Bertz CT molecular complexity index is 978. The molecular weight excluding hydrogens is 418 g/mol. The van der Waals surface area contributed by atoms with Gasteiger partial charge < -0.3 is 20.3 Å². The lowest BCUT2D eigenvalue weighted by molar-refractivity contribution is -0.152. The van der Waals surface area contributed by atoms with Gasteiger partial charge in [0.1, 0.15) is 18.4 Å². The van der Waals surface area contributed by atoms with Crippen molar-refractivity contribution in [3.05, 3.63) is 71.8 Å². The molecule has 0 saturated carbocycles. The first-order valence-corrected chi connectivity index (χ1v) is 11.3. The van der Waals surface area contributed by atoms with E-state index in [1.54, 1.807) is 24.3 Å². The van der Waals surface area contributed by atoms with Crippen LogP contribution in [0.5, 0.6) is 0 Å². The summed E-state index contributed by atoms with van der Waals surface area (Å²) in [6.45, 7) is 5.89. The number of nitrogens with one attached hydrogen (secondary N) is 2. The predicted octanol–water partition coefficient (Wildman–Crippen LogP) is 2.53. The standard InChI is InChI=1S/C26H31N3O4/c1-4-20(16-30)27-25(32)23-21(18-11-7-5-8-12-18)15-29(23)26(33)22(17(2)3)28-24(31)19-13-9-6-10-14-19/h5-14,16-17,20-23H,4,15H2,1-3H3,(H,27,32)(H,28,31)/t20-,21?,22-,23-/m0/s1. The van der Waals surface area contributed by atoms with Gasteiger partial charge in [-0.15, -0.1) is 0 Å². The third kappa shape index (κ3) is 5.48. The Morgan fingerprint density at radius 2 is 1.61 bits per heavy atom. The summed E-state index contributed by atoms with van der Waals surface area (Å²) in [5.74, 6) is -1.36. The van der Waals surface area contributed by atoms with Gasteiger partial charge >= 0.3 is 0 Å². The van der Waals surface area contributed by atoms with Crippen molar-refractivity contribution in [1.82, 2.24) is 15.5 Å². The highest BCUT2D eigenvalue weighted by molar-refractivity contribution is 5.99. The molecule has 7 heteroatoms. The van der Waals surface area contributed by atoms with Crippen molar-refractivity contribution in [2.75, 3.05) is 6.54 Å². The number of amides is 3. The summed E-state index contributed by atoms with van der Waals surface area (Å²) >= 11 is 0. The molecule has 7 nitrogen and oxygen atoms in total. The second-order valence-electron chi connectivity index (χ2n) is 8.67. The molecule has 1 saturated heterocycles. The molecule has 2 N–H and O–H groups in total. The van der Waals surface area contributed by atoms with Crippen LogP contribution in [-0.2, 0) is 14.4 Å². The average Bonchev–Trinajstić information content (AvgIpc) is 2.81. The second kappa shape index (κ2) is 10.9. The lowest BCUT2D eigenvalue weighted by atomic mass is 9.80. The number of carbonyl (C=O) groups is 4. The van der Waals surface area contributed by atoms with Crippen LogP contribution in [0.1, 0.15) is 49.0 Å². The quantitative estimate of drug-likeness (QED) is 0.575. The highest BCUT2D eigenvalue weighted by Crippen LogP contribution is 2.35. The number of carbonyl (C=O) groups excluding carboxylic acids is 4. The lowest BCUT2D eigenvalue weighted by Gasteiger charge is -2.49. The molecule has 33 heavy (non-hydrogen) atoms. The highest BCUT2D eigenvalue weighted by Gasteiger charge is 2.49. The van der Waals surface area contributed by atoms with Crippen molar-refractivity contribution in [2.24, 2.45) is 5.92 Å². The van der Waals surface area contributed by atoms with Gasteiger partial charge in [-0.25, -0.2) is 0 Å². The lowest BCUT2D eigenvalue weighted by Crippen LogP contribution is -2.67. The van der Waals surface area contributed by atoms with Gasteiger partial charge in [-0.05, 0) is 30.0 Å². The first-order chi connectivity index (χ1) is 15.9. The van der Waals surface area contributed by atoms with Crippen LogP contribution < -0.4 is 10.6 Å². The molecule has 1 aliphatic rings. The molecule has 1 aliphatic heterocycles. The van der Waals surface area contributed by atoms with Crippen LogP contribution in [-0.4, -0.2) is 53.6 Å². The first-order valence-electron chi connectivity index (χ1n) is 11.3. The Balaban J connectivity index is 1.82. The van der Waals surface area contributed by atoms with Crippen molar-refractivity contribution in [1.29, 1.82) is 0 Å². The fraction of sp³-hybridized carbons (Fsp3) is 0.385. The summed E-state index contributed by atoms with van der Waals surface area (Å²) in [6, 6.07) is 16.1. The van der Waals surface area contributed by atoms with Gasteiger partial charge in [0.05, 0.1) is 6.04 Å². The topological polar surface area (TPSA) is 95.6 Å². The Morgan fingerprint density at radius 3 is 2.15 bits per heavy atom. The third-order valence-electron chi connectivity index (χ3n) is 6.08. The van der Waals surface area contributed by atoms with Gasteiger partial charge in [0, 0.05) is 18.0 Å². The molecule has 0 bridgehead atoms. The van der Waals surface area contributed by atoms with Crippen LogP contribution in [0.2, 0.25) is 0 Å². The molecule has 174 valence electrons. The van der Waals surface area contributed by atoms with E-state index in [9.17, 15) is 19.2 Å². The van der Waals surface area contributed by atoms with E-state index in [-0.39, 0.29) is 29.6 Å². The maximum atomic E-state index is 13.5. The summed E-state index contributed by atoms with van der Waals surface area (Å²) < 4.78 is 0. The van der Waals surface area contributed by atoms with Gasteiger partial charge in [-0.1, -0.05) is 69.3 Å². The summed E-state index contributed by atoms with van der Waals surface area (Å²) in [7, 11) is 0. The van der Waals surface area contributed by atoms with E-state index in [2.05, 4.69) is 10.6 Å². The van der Waals surface area contributed by atoms with Gasteiger partial charge in [-0.2, -0.15) is 0 Å². The Morgan fingerprint density at radius 1 is 1.00 bits per heavy atom. The zero-order valence-electron chi connectivity index (χ0n) is 19.2. The van der Waals surface area contributed by atoms with Crippen LogP contribution in [0.4, 0.5) is 0 Å². The summed E-state index contributed by atoms with van der Waals surface area (Å²) in [5.41, 5.74) is 1.42. The molecule has 2 aromatic carbocycles. The van der Waals surface area contributed by atoms with E-state index in [0.717, 1.165) is 5.56 Å². The maximum Gasteiger partial charge on any atom is 0.251 e. The monoisotopic (exact) mass is 449 g/mol. The number of benzene rings is 2. The molecule has 0 aromatic heterocycles. The average molecular weight is 450 g/mol. The molecule has 4 atom stereocenters. The van der Waals surface area contributed by atoms with Crippen molar-refractivity contribution in [3.8, 4) is 0 Å². The van der Waals surface area contributed by atoms with Crippen LogP contribution >= 0.6 is 0 Å². The van der Waals surface area contributed by atoms with E-state index in [0.29, 0.717) is 24.8 Å². The fourth-order valence-corrected chi connectivity index (χ4v) is 4.05. The molecule has 0 radical (unpaired) electrons. The Hall–Kier alpha value is -3.48. The third-order valence-corrected chi connectivity index (χ3v) is 6.08. The molecule has 1 heterocycles. The smallest absolute Gasteiger partial charge is 0.251 e. The van der Waals surface area contributed by atoms with Crippen molar-refractivity contribution in [3.63, 3.8) is 0 Å². The molecular formula is C26H31N3O4. The number of nitrogens with zero attached hydrogens (tertiary/aromatic N) is 1. The molecule has 0 spiro atoms. The molecule has 1 unspecified atom stereocenters. The number of rotatable bonds is 9. The van der Waals surface area contributed by atoms with E-state index in [1.807, 2.05) is 57.2 Å². The zero-order chi connectivity index (χ0) is 24.0. The maximum absolute atomic E-state index is 13.5. The normalized spacial score (nSPS) is 19.2. The minimum absolute atomic E-state index is 0.178. The molecule has 0 aliphatic carbocycles. The van der Waals surface area contributed by atoms with Crippen LogP contribution in [0, 0.1) is 5.92 Å². The number of aldehydes is 1. The zero-order valence-corrected chi connectivity index (χ0v) is 19.2. The summed E-state index contributed by atoms with van der Waals surface area (Å²) in [5, 5.41) is 5.59. The van der Waals surface area contributed by atoms with Gasteiger partial charge in [0.15, 0.2) is 0 Å². The molecule has 2 aromatic rings. The van der Waals surface area contributed by atoms with E-state index in [1.165, 1.54) is 4.90 Å². The van der Waals surface area contributed by atoms with Crippen LogP contribution in [0.25, 0.3) is 0 Å². The SMILES string of the molecule is CC[C@@H](C=O)NC(=O)[C@@H]1C(c2ccccc2)CN1C(=O)[C@@H](NC(=O)c1ccccc1)C(C)C. The highest BCUT2D eigenvalue weighted by atomic mass is 16.2. The van der Waals surface area contributed by atoms with E-state index >= 15 is 0 Å². The Kier molecular flexibility index (Phi) is 7.98. The van der Waals surface area contributed by atoms with Crippen LogP contribution in [0.3, 0.4) is 0 Å². The fourth-order valence-electron chi connectivity index (χ4n) is 4.05. The van der Waals surface area contributed by atoms with Gasteiger partial charge in [0.25, 0.3) is 5.91 Å². The van der Waals surface area contributed by atoms with E-state index in [4.69, 9.17) is 0 Å². The summed E-state index contributed by atoms with van der Waals surface area (Å²) in [6.07, 6.45) is 1.17. The molecule has 3 amide bonds. The largest absolute Gasteiger partial charge is 0.345 e.